The standard InChI is InChI=1S/C11H17N3O.ClH/c1-15-11-3-2-9(12)8-10(11)14-6-4-13-5-7-14;/h2-3,8,13H,4-7,12H2,1H3;1H. The maximum atomic E-state index is 5.79. The fraction of sp³-hybridized carbons (Fsp3) is 0.455. The molecule has 0 unspecified atom stereocenters. The van der Waals surface area contributed by atoms with Crippen LogP contribution in [0.3, 0.4) is 0 Å². The molecule has 0 amide bonds. The van der Waals surface area contributed by atoms with Gasteiger partial charge in [-0.25, -0.2) is 0 Å². The molecule has 0 bridgehead atoms. The molecule has 0 spiro atoms. The summed E-state index contributed by atoms with van der Waals surface area (Å²) in [5.74, 6) is 0.895. The van der Waals surface area contributed by atoms with E-state index in [-0.39, 0.29) is 12.4 Å². The fourth-order valence-electron chi connectivity index (χ4n) is 1.86. The van der Waals surface area contributed by atoms with Crippen molar-refractivity contribution in [1.82, 2.24) is 5.32 Å². The lowest BCUT2D eigenvalue weighted by atomic mass is 10.2. The molecule has 3 N–H and O–H groups in total. The zero-order valence-electron chi connectivity index (χ0n) is 9.40. The molecule has 0 atom stereocenters. The maximum absolute atomic E-state index is 5.79. The first kappa shape index (κ1) is 12.9. The van der Waals surface area contributed by atoms with Crippen LogP contribution < -0.4 is 20.7 Å². The summed E-state index contributed by atoms with van der Waals surface area (Å²) in [7, 11) is 1.69. The highest BCUT2D eigenvalue weighted by Crippen LogP contribution is 2.30. The number of ether oxygens (including phenoxy) is 1. The summed E-state index contributed by atoms with van der Waals surface area (Å²) in [6.45, 7) is 4.02. The van der Waals surface area contributed by atoms with E-state index in [0.29, 0.717) is 0 Å². The van der Waals surface area contributed by atoms with Crippen LogP contribution in [0.4, 0.5) is 11.4 Å². The van der Waals surface area contributed by atoms with Gasteiger partial charge >= 0.3 is 0 Å². The summed E-state index contributed by atoms with van der Waals surface area (Å²) in [4.78, 5) is 2.30. The monoisotopic (exact) mass is 243 g/mol. The van der Waals surface area contributed by atoms with E-state index in [0.717, 1.165) is 43.3 Å². The van der Waals surface area contributed by atoms with E-state index in [2.05, 4.69) is 10.2 Å². The quantitative estimate of drug-likeness (QED) is 0.765. The Bertz CT molecular complexity index is 340. The Hall–Kier alpha value is -1.13. The Morgan fingerprint density at radius 1 is 1.31 bits per heavy atom. The van der Waals surface area contributed by atoms with Crippen molar-refractivity contribution in [3.8, 4) is 5.75 Å². The Balaban J connectivity index is 0.00000128. The smallest absolute Gasteiger partial charge is 0.142 e. The number of methoxy groups -OCH3 is 1. The van der Waals surface area contributed by atoms with Gasteiger partial charge in [-0.15, -0.1) is 12.4 Å². The minimum absolute atomic E-state index is 0. The number of halogens is 1. The van der Waals surface area contributed by atoms with Gasteiger partial charge in [0.15, 0.2) is 0 Å². The average molecular weight is 244 g/mol. The molecule has 2 rings (SSSR count). The largest absolute Gasteiger partial charge is 0.495 e. The Labute approximate surface area is 102 Å². The van der Waals surface area contributed by atoms with Crippen molar-refractivity contribution in [3.05, 3.63) is 18.2 Å². The van der Waals surface area contributed by atoms with Gasteiger partial charge in [0.2, 0.25) is 0 Å². The number of nitrogens with zero attached hydrogens (tertiary/aromatic N) is 1. The molecule has 1 fully saturated rings. The predicted molar refractivity (Wildman–Crippen MR) is 69.7 cm³/mol. The van der Waals surface area contributed by atoms with E-state index in [1.807, 2.05) is 18.2 Å². The predicted octanol–water partition coefficient (Wildman–Crippen LogP) is 1.11. The molecule has 5 heteroatoms. The third-order valence-corrected chi connectivity index (χ3v) is 2.66. The first-order valence-corrected chi connectivity index (χ1v) is 5.20. The number of benzene rings is 1. The number of nitrogens with one attached hydrogen (secondary N) is 1. The van der Waals surface area contributed by atoms with Crippen LogP contribution in [0.1, 0.15) is 0 Å². The molecule has 1 aliphatic heterocycles. The maximum Gasteiger partial charge on any atom is 0.142 e. The lowest BCUT2D eigenvalue weighted by Crippen LogP contribution is -2.43. The van der Waals surface area contributed by atoms with Crippen LogP contribution in [0, 0.1) is 0 Å². The molecule has 90 valence electrons. The first-order valence-electron chi connectivity index (χ1n) is 5.20. The van der Waals surface area contributed by atoms with E-state index in [1.54, 1.807) is 7.11 Å². The molecule has 0 aliphatic carbocycles. The minimum Gasteiger partial charge on any atom is -0.495 e. The van der Waals surface area contributed by atoms with Crippen molar-refractivity contribution < 1.29 is 4.74 Å². The van der Waals surface area contributed by atoms with Crippen LogP contribution in [0.2, 0.25) is 0 Å². The molecule has 1 aromatic rings. The summed E-state index contributed by atoms with van der Waals surface area (Å²) >= 11 is 0. The highest BCUT2D eigenvalue weighted by molar-refractivity contribution is 5.85. The SMILES string of the molecule is COc1ccc(N)cc1N1CCNCC1.Cl. The second kappa shape index (κ2) is 5.82. The van der Waals surface area contributed by atoms with E-state index < -0.39 is 0 Å². The van der Waals surface area contributed by atoms with Crippen LogP contribution in [0.5, 0.6) is 5.75 Å². The van der Waals surface area contributed by atoms with Crippen LogP contribution in [-0.2, 0) is 0 Å². The molecule has 0 saturated carbocycles. The molecule has 1 aliphatic rings. The second-order valence-electron chi connectivity index (χ2n) is 3.67. The summed E-state index contributed by atoms with van der Waals surface area (Å²) in [6, 6.07) is 5.77. The summed E-state index contributed by atoms with van der Waals surface area (Å²) < 4.78 is 5.34. The number of rotatable bonds is 2. The van der Waals surface area contributed by atoms with Gasteiger partial charge in [0.1, 0.15) is 5.75 Å². The number of hydrogen-bond donors (Lipinski definition) is 2. The summed E-state index contributed by atoms with van der Waals surface area (Å²) in [5, 5.41) is 3.32. The van der Waals surface area contributed by atoms with Crippen molar-refractivity contribution in [2.45, 2.75) is 0 Å². The van der Waals surface area contributed by atoms with Crippen LogP contribution in [0.25, 0.3) is 0 Å². The number of nitrogen functional groups attached to an aromatic ring is 1. The fourth-order valence-corrected chi connectivity index (χ4v) is 1.86. The number of piperazine rings is 1. The highest BCUT2D eigenvalue weighted by Gasteiger charge is 2.14. The van der Waals surface area contributed by atoms with Gasteiger partial charge in [-0.1, -0.05) is 0 Å². The van der Waals surface area contributed by atoms with Gasteiger partial charge in [0.05, 0.1) is 12.8 Å². The molecule has 1 saturated heterocycles. The van der Waals surface area contributed by atoms with Crippen LogP contribution in [0.15, 0.2) is 18.2 Å². The molecule has 1 aromatic carbocycles. The third kappa shape index (κ3) is 2.71. The third-order valence-electron chi connectivity index (χ3n) is 2.66. The van der Waals surface area contributed by atoms with E-state index in [1.165, 1.54) is 0 Å². The highest BCUT2D eigenvalue weighted by atomic mass is 35.5. The Morgan fingerprint density at radius 3 is 2.62 bits per heavy atom. The van der Waals surface area contributed by atoms with E-state index in [9.17, 15) is 0 Å². The molecule has 0 aromatic heterocycles. The molecular weight excluding hydrogens is 226 g/mol. The van der Waals surface area contributed by atoms with Gasteiger partial charge in [0.25, 0.3) is 0 Å². The number of nitrogens with two attached hydrogens (primary N) is 1. The van der Waals surface area contributed by atoms with Crippen LogP contribution in [-0.4, -0.2) is 33.3 Å². The van der Waals surface area contributed by atoms with Crippen molar-refractivity contribution in [3.63, 3.8) is 0 Å². The van der Waals surface area contributed by atoms with Gasteiger partial charge in [-0.3, -0.25) is 0 Å². The van der Waals surface area contributed by atoms with E-state index >= 15 is 0 Å². The Kier molecular flexibility index (Phi) is 4.71. The topological polar surface area (TPSA) is 50.5 Å². The molecule has 0 radical (unpaired) electrons. The van der Waals surface area contributed by atoms with Gasteiger partial charge in [-0.2, -0.15) is 0 Å². The van der Waals surface area contributed by atoms with Crippen molar-refractivity contribution >= 4 is 23.8 Å². The zero-order chi connectivity index (χ0) is 10.7. The molecule has 4 nitrogen and oxygen atoms in total. The number of hydrogen-bond acceptors (Lipinski definition) is 4. The van der Waals surface area contributed by atoms with Crippen LogP contribution >= 0.6 is 12.4 Å². The first-order chi connectivity index (χ1) is 7.31. The lowest BCUT2D eigenvalue weighted by molar-refractivity contribution is 0.413. The van der Waals surface area contributed by atoms with Gasteiger partial charge in [-0.05, 0) is 18.2 Å². The average Bonchev–Trinajstić information content (AvgIpc) is 2.30. The Morgan fingerprint density at radius 2 is 2.00 bits per heavy atom. The molecule has 16 heavy (non-hydrogen) atoms. The lowest BCUT2D eigenvalue weighted by Gasteiger charge is -2.30. The summed E-state index contributed by atoms with van der Waals surface area (Å²) in [6.07, 6.45) is 0. The van der Waals surface area contributed by atoms with Crippen molar-refractivity contribution in [1.29, 1.82) is 0 Å². The summed E-state index contributed by atoms with van der Waals surface area (Å²) in [5.41, 5.74) is 7.67. The van der Waals surface area contributed by atoms with Crippen molar-refractivity contribution in [2.24, 2.45) is 0 Å². The van der Waals surface area contributed by atoms with E-state index in [4.69, 9.17) is 10.5 Å². The van der Waals surface area contributed by atoms with Gasteiger partial charge in [0, 0.05) is 31.9 Å². The second-order valence-corrected chi connectivity index (χ2v) is 3.67. The molecule has 1 heterocycles. The molecular formula is C11H18ClN3O. The normalized spacial score (nSPS) is 15.4. The van der Waals surface area contributed by atoms with Gasteiger partial charge < -0.3 is 20.7 Å². The zero-order valence-corrected chi connectivity index (χ0v) is 10.2. The minimum atomic E-state index is 0. The van der Waals surface area contributed by atoms with Crippen molar-refractivity contribution in [2.75, 3.05) is 43.9 Å². The number of anilines is 2.